The minimum Gasteiger partial charge on any atom is -0.542 e. The van der Waals surface area contributed by atoms with Gasteiger partial charge in [0.15, 0.2) is 11.4 Å². The predicted octanol–water partition coefficient (Wildman–Crippen LogP) is 2.78. The third kappa shape index (κ3) is 21.6. The van der Waals surface area contributed by atoms with Gasteiger partial charge < -0.3 is 44.7 Å². The molecule has 0 amide bonds. The van der Waals surface area contributed by atoms with Gasteiger partial charge in [0.05, 0.1) is 56.5 Å². The summed E-state index contributed by atoms with van der Waals surface area (Å²) in [5.41, 5.74) is -5.71. The number of nitrogens with one attached hydrogen (secondary N) is 1. The Labute approximate surface area is 367 Å². The highest BCUT2D eigenvalue weighted by atomic mass is 19.4. The van der Waals surface area contributed by atoms with Gasteiger partial charge in [-0.1, -0.05) is 0 Å². The van der Waals surface area contributed by atoms with Crippen molar-refractivity contribution in [3.8, 4) is 0 Å². The lowest BCUT2D eigenvalue weighted by Gasteiger charge is -2.26. The second kappa shape index (κ2) is 26.0. The number of carbonyl (C=O) groups excluding carboxylic acids is 4. The van der Waals surface area contributed by atoms with Crippen LogP contribution in [-0.4, -0.2) is 140 Å². The molecule has 2 aromatic heterocycles. The molecule has 0 aliphatic rings. The number of rotatable bonds is 13. The van der Waals surface area contributed by atoms with Crippen LogP contribution in [0, 0.1) is 0 Å². The van der Waals surface area contributed by atoms with Crippen molar-refractivity contribution in [1.82, 2.24) is 29.9 Å². The van der Waals surface area contributed by atoms with Crippen LogP contribution < -0.4 is 16.4 Å². The zero-order valence-electron chi connectivity index (χ0n) is 36.7. The van der Waals surface area contributed by atoms with Gasteiger partial charge >= 0.3 is 42.6 Å². The highest BCUT2D eigenvalue weighted by molar-refractivity contribution is 6.19. The van der Waals surface area contributed by atoms with Gasteiger partial charge in [-0.25, -0.2) is 14.4 Å². The zero-order valence-corrected chi connectivity index (χ0v) is 36.7. The maximum atomic E-state index is 13.1. The Balaban J connectivity index is -0.000000790. The number of esters is 2. The Hall–Kier alpha value is -5.53. The number of hydrazine groups is 1. The minimum atomic E-state index is -5.19. The summed E-state index contributed by atoms with van der Waals surface area (Å²) in [6.45, 7) is 10.7. The number of carbonyl (C=O) groups is 5. The number of aromatic nitrogens is 4. The van der Waals surface area contributed by atoms with Crippen LogP contribution in [0.5, 0.6) is 0 Å². The van der Waals surface area contributed by atoms with Crippen LogP contribution >= 0.6 is 0 Å². The maximum absolute atomic E-state index is 13.1. The molecule has 0 radical (unpaired) electrons. The Morgan fingerprint density at radius 2 is 1.08 bits per heavy atom. The molecule has 66 heavy (non-hydrogen) atoms. The van der Waals surface area contributed by atoms with Gasteiger partial charge in [0, 0.05) is 25.8 Å². The summed E-state index contributed by atoms with van der Waals surface area (Å²) in [5.74, 6) is -4.29. The van der Waals surface area contributed by atoms with E-state index in [4.69, 9.17) is 36.2 Å². The summed E-state index contributed by atoms with van der Waals surface area (Å²) in [5, 5.41) is 51.0. The standard InChI is InChI=1S/C11H15F3N2O3.C9H11F3N2O3.C9H12F3NO3.C4H12N2O.C2HF3O2/c1-4-19-9(18)7-5-15-16(10(2,3)6-17)8(7)11(12,13)14;1-8(2,4-15)14-6(9(10,11)12)5(3-13-14)7(16)17;1-4-16-8(15)6(5-13(2)3)7(14)9(10,11)12;1-4(2,3-7)6-5;3-2(4,5)1(6)7/h5,17H,4,6H2,1-3H3;3,15H,4H2,1-2H3,(H,16,17);5H,4H2,1-3H3;6-7H,3,5H2,1-2H3;(H,6,7)/p-1/b;;6-5-;;. The SMILES string of the molecule is CC(C)(CO)NN.CC(C)(CO)n1ncc(C(=O)O)c1C(F)(F)F.CCOC(=O)/C(=C\N(C)C)C(=O)C(F)(F)F.CCOC(=O)c1cnn(C(C)(C)CO)c1C(F)(F)F.O=C([O-])C(F)(F)F. The summed E-state index contributed by atoms with van der Waals surface area (Å²) < 4.78 is 155. The van der Waals surface area contributed by atoms with Gasteiger partial charge in [-0.05, 0) is 55.4 Å². The predicted molar refractivity (Wildman–Crippen MR) is 199 cm³/mol. The fraction of sp³-hybridized carbons (Fsp3) is 0.629. The number of carboxylic acid groups (broad SMARTS) is 2. The Morgan fingerprint density at radius 3 is 1.32 bits per heavy atom. The van der Waals surface area contributed by atoms with Crippen LogP contribution in [0.2, 0.25) is 0 Å². The fourth-order valence-electron chi connectivity index (χ4n) is 3.68. The van der Waals surface area contributed by atoms with E-state index in [2.05, 4.69) is 25.1 Å². The van der Waals surface area contributed by atoms with Gasteiger partial charge in [-0.3, -0.25) is 25.4 Å². The Kier molecular flexibility index (Phi) is 25.5. The monoisotopic (exact) mass is 988 g/mol. The number of nitrogens with zero attached hydrogens (tertiary/aromatic N) is 5. The summed E-state index contributed by atoms with van der Waals surface area (Å²) >= 11 is 0. The number of aliphatic carboxylic acids is 1. The van der Waals surface area contributed by atoms with Crippen molar-refractivity contribution < 1.29 is 112 Å². The lowest BCUT2D eigenvalue weighted by atomic mass is 10.1. The molecule has 31 heteroatoms. The first-order chi connectivity index (χ1) is 29.5. The third-order valence-corrected chi connectivity index (χ3v) is 7.12. The molecule has 0 spiro atoms. The number of aliphatic hydroxyl groups is 3. The van der Waals surface area contributed by atoms with Gasteiger partial charge in [-0.2, -0.15) is 62.9 Å². The van der Waals surface area contributed by atoms with E-state index >= 15 is 0 Å². The van der Waals surface area contributed by atoms with Crippen LogP contribution in [0.15, 0.2) is 24.2 Å². The maximum Gasteiger partial charge on any atom is 0.455 e. The molecule has 0 saturated heterocycles. The summed E-state index contributed by atoms with van der Waals surface area (Å²) in [4.78, 5) is 54.2. The quantitative estimate of drug-likeness (QED) is 0.0320. The van der Waals surface area contributed by atoms with Crippen LogP contribution in [0.3, 0.4) is 0 Å². The number of aromatic carboxylic acids is 1. The number of hydrogen-bond donors (Lipinski definition) is 6. The van der Waals surface area contributed by atoms with Gasteiger partial charge in [0.25, 0.3) is 5.78 Å². The van der Waals surface area contributed by atoms with Crippen molar-refractivity contribution in [2.75, 3.05) is 47.1 Å². The zero-order chi connectivity index (χ0) is 53.2. The fourth-order valence-corrected chi connectivity index (χ4v) is 3.68. The van der Waals surface area contributed by atoms with E-state index in [1.807, 2.05) is 13.8 Å². The van der Waals surface area contributed by atoms with Crippen molar-refractivity contribution in [3.05, 3.63) is 46.7 Å². The Morgan fingerprint density at radius 1 is 0.712 bits per heavy atom. The number of halogens is 12. The van der Waals surface area contributed by atoms with Crippen molar-refractivity contribution in [2.45, 2.75) is 96.7 Å². The van der Waals surface area contributed by atoms with Gasteiger partial charge in [-0.15, -0.1) is 0 Å². The smallest absolute Gasteiger partial charge is 0.455 e. The van der Waals surface area contributed by atoms with Crippen LogP contribution in [0.1, 0.15) is 87.5 Å². The number of carboxylic acids is 2. The molecule has 2 aromatic rings. The number of ether oxygens (including phenoxy) is 2. The highest BCUT2D eigenvalue weighted by Crippen LogP contribution is 2.36. The summed E-state index contributed by atoms with van der Waals surface area (Å²) in [7, 11) is 2.78. The molecular weight excluding hydrogens is 938 g/mol. The van der Waals surface area contributed by atoms with E-state index in [1.165, 1.54) is 55.6 Å². The molecule has 382 valence electrons. The molecule has 2 rings (SSSR count). The number of alkyl halides is 12. The molecule has 0 saturated carbocycles. The van der Waals surface area contributed by atoms with Gasteiger partial charge in [0.2, 0.25) is 0 Å². The minimum absolute atomic E-state index is 0.0370. The van der Waals surface area contributed by atoms with Crippen LogP contribution in [0.4, 0.5) is 52.7 Å². The van der Waals surface area contributed by atoms with E-state index in [-0.39, 0.29) is 25.4 Å². The first-order valence-electron chi connectivity index (χ1n) is 18.0. The van der Waals surface area contributed by atoms with Crippen molar-refractivity contribution in [3.63, 3.8) is 0 Å². The van der Waals surface area contributed by atoms with Gasteiger partial charge in [0.1, 0.15) is 22.7 Å². The summed E-state index contributed by atoms with van der Waals surface area (Å²) in [6, 6.07) is 0. The number of ketones is 1. The molecule has 19 nitrogen and oxygen atoms in total. The number of hydrogen-bond acceptors (Lipinski definition) is 16. The first-order valence-corrected chi connectivity index (χ1v) is 18.0. The molecule has 7 N–H and O–H groups in total. The molecule has 2 heterocycles. The molecule has 0 aromatic carbocycles. The lowest BCUT2D eigenvalue weighted by molar-refractivity contribution is -0.344. The molecule has 0 fully saturated rings. The normalized spacial score (nSPS) is 12.4. The second-order valence-corrected chi connectivity index (χ2v) is 14.6. The molecule has 0 atom stereocenters. The highest BCUT2D eigenvalue weighted by Gasteiger charge is 2.45. The van der Waals surface area contributed by atoms with Crippen LogP contribution in [0.25, 0.3) is 0 Å². The summed E-state index contributed by atoms with van der Waals surface area (Å²) in [6.07, 6.45) is -17.7. The van der Waals surface area contributed by atoms with Crippen molar-refractivity contribution >= 4 is 29.7 Å². The average Bonchev–Trinajstić information content (AvgIpc) is 3.85. The van der Waals surface area contributed by atoms with Crippen molar-refractivity contribution in [1.29, 1.82) is 0 Å². The van der Waals surface area contributed by atoms with E-state index in [0.29, 0.717) is 15.6 Å². The molecule has 0 bridgehead atoms. The number of nitrogens with two attached hydrogens (primary N) is 1. The second-order valence-electron chi connectivity index (χ2n) is 14.6. The van der Waals surface area contributed by atoms with Crippen molar-refractivity contribution in [2.24, 2.45) is 5.84 Å². The third-order valence-electron chi connectivity index (χ3n) is 7.12. The van der Waals surface area contributed by atoms with E-state index < -0.39 is 107 Å². The van der Waals surface area contributed by atoms with E-state index in [9.17, 15) is 71.9 Å². The molecular formula is C35H50F12N7O12-. The molecule has 0 aliphatic heterocycles. The van der Waals surface area contributed by atoms with E-state index in [1.54, 1.807) is 0 Å². The topological polar surface area (TPSA) is 285 Å². The number of Topliss-reactive ketones (excluding diaryl/α,β-unsaturated/α-hetero) is 1. The average molecular weight is 989 g/mol. The van der Waals surface area contributed by atoms with E-state index in [0.717, 1.165) is 17.3 Å². The molecule has 0 unspecified atom stereocenters. The number of aliphatic hydroxyl groups excluding tert-OH is 3. The van der Waals surface area contributed by atoms with Crippen LogP contribution in [-0.2, 0) is 47.3 Å². The lowest BCUT2D eigenvalue weighted by Crippen LogP contribution is -2.46. The first kappa shape index (κ1) is 64.8. The molecule has 0 aliphatic carbocycles. The Bertz CT molecular complexity index is 1910. The largest absolute Gasteiger partial charge is 0.542 e.